The van der Waals surface area contributed by atoms with Crippen LogP contribution in [0, 0.1) is 0 Å². The molecule has 1 saturated heterocycles. The second-order valence-corrected chi connectivity index (χ2v) is 10.4. The van der Waals surface area contributed by atoms with E-state index in [4.69, 9.17) is 4.74 Å². The third-order valence-corrected chi connectivity index (χ3v) is 6.43. The zero-order chi connectivity index (χ0) is 24.6. The molecule has 0 saturated carbocycles. The molecule has 3 aromatic rings. The van der Waals surface area contributed by atoms with E-state index < -0.39 is 17.7 Å². The third-order valence-electron chi connectivity index (χ3n) is 5.66. The lowest BCUT2D eigenvalue weighted by Crippen LogP contribution is -2.29. The number of Topliss-reactive ketones (excluding diaryl/α,β-unsaturated/α-hetero) is 1. The second kappa shape index (κ2) is 9.06. The van der Waals surface area contributed by atoms with Gasteiger partial charge in [0.2, 0.25) is 0 Å². The van der Waals surface area contributed by atoms with Crippen molar-refractivity contribution in [2.24, 2.45) is 0 Å². The number of aliphatic hydroxyl groups excluding tert-OH is 1. The number of ketones is 1. The van der Waals surface area contributed by atoms with Crippen LogP contribution in [0.5, 0.6) is 5.75 Å². The lowest BCUT2D eigenvalue weighted by atomic mass is 9.85. The van der Waals surface area contributed by atoms with Gasteiger partial charge < -0.3 is 9.84 Å². The van der Waals surface area contributed by atoms with Crippen molar-refractivity contribution >= 4 is 33.9 Å². The van der Waals surface area contributed by atoms with Gasteiger partial charge in [0.25, 0.3) is 5.78 Å². The summed E-state index contributed by atoms with van der Waals surface area (Å²) in [5, 5.41) is 13.4. The highest BCUT2D eigenvalue weighted by Crippen LogP contribution is 2.43. The fourth-order valence-electron chi connectivity index (χ4n) is 3.96. The Morgan fingerprint density at radius 3 is 2.24 bits per heavy atom. The average molecular weight is 477 g/mol. The molecule has 176 valence electrons. The standard InChI is InChI=1S/C27H28N2O4S/c1-16(2)33-20-12-8-18(9-13-20)23(30)21-22(17-6-10-19(11-7-17)27(3,4)5)29(25(32)24(21)31)26-28-14-15-34-26/h6-16,22,30H,1-5H3/b23-21+. The molecule has 34 heavy (non-hydrogen) atoms. The topological polar surface area (TPSA) is 79.7 Å². The number of anilines is 1. The molecule has 1 aromatic heterocycles. The zero-order valence-corrected chi connectivity index (χ0v) is 20.7. The van der Waals surface area contributed by atoms with Gasteiger partial charge in [-0.3, -0.25) is 14.5 Å². The Balaban J connectivity index is 1.84. The van der Waals surface area contributed by atoms with Crippen LogP contribution < -0.4 is 9.64 Å². The van der Waals surface area contributed by atoms with Crippen molar-refractivity contribution in [1.29, 1.82) is 0 Å². The second-order valence-electron chi connectivity index (χ2n) is 9.55. The van der Waals surface area contributed by atoms with Crippen molar-refractivity contribution in [2.45, 2.75) is 52.2 Å². The zero-order valence-electron chi connectivity index (χ0n) is 19.9. The van der Waals surface area contributed by atoms with Crippen LogP contribution >= 0.6 is 11.3 Å². The van der Waals surface area contributed by atoms with Crippen LogP contribution in [0.1, 0.15) is 57.4 Å². The molecule has 1 amide bonds. The van der Waals surface area contributed by atoms with Crippen molar-refractivity contribution in [3.05, 3.63) is 82.4 Å². The number of carbonyl (C=O) groups is 2. The number of ether oxygens (including phenoxy) is 1. The molecule has 0 aliphatic carbocycles. The molecular weight excluding hydrogens is 448 g/mol. The molecule has 2 aromatic carbocycles. The molecule has 1 fully saturated rings. The summed E-state index contributed by atoms with van der Waals surface area (Å²) in [7, 11) is 0. The molecule has 7 heteroatoms. The maximum absolute atomic E-state index is 13.2. The van der Waals surface area contributed by atoms with E-state index >= 15 is 0 Å². The van der Waals surface area contributed by atoms with Crippen LogP contribution in [-0.4, -0.2) is 27.9 Å². The monoisotopic (exact) mass is 476 g/mol. The number of aliphatic hydroxyl groups is 1. The van der Waals surface area contributed by atoms with E-state index in [1.807, 2.05) is 38.1 Å². The van der Waals surface area contributed by atoms with Crippen LogP contribution in [0.4, 0.5) is 5.13 Å². The average Bonchev–Trinajstić information content (AvgIpc) is 3.40. The normalized spacial score (nSPS) is 18.1. The Labute approximate surface area is 203 Å². The van der Waals surface area contributed by atoms with E-state index in [0.29, 0.717) is 16.4 Å². The lowest BCUT2D eigenvalue weighted by molar-refractivity contribution is -0.132. The summed E-state index contributed by atoms with van der Waals surface area (Å²) in [6.45, 7) is 10.2. The Morgan fingerprint density at radius 2 is 1.71 bits per heavy atom. The predicted octanol–water partition coefficient (Wildman–Crippen LogP) is 5.85. The number of thiazole rings is 1. The molecule has 4 rings (SSSR count). The van der Waals surface area contributed by atoms with Crippen molar-refractivity contribution in [3.8, 4) is 5.75 Å². The quantitative estimate of drug-likeness (QED) is 0.284. The number of hydrogen-bond donors (Lipinski definition) is 1. The van der Waals surface area contributed by atoms with Crippen molar-refractivity contribution in [3.63, 3.8) is 0 Å². The van der Waals surface area contributed by atoms with Gasteiger partial charge in [0.1, 0.15) is 11.5 Å². The fraction of sp³-hybridized carbons (Fsp3) is 0.296. The SMILES string of the molecule is CC(C)Oc1ccc(/C(O)=C2\C(=O)C(=O)N(c3nccs3)C2c2ccc(C(C)(C)C)cc2)cc1. The smallest absolute Gasteiger partial charge is 0.301 e. The first-order chi connectivity index (χ1) is 16.1. The number of benzene rings is 2. The maximum atomic E-state index is 13.2. The van der Waals surface area contributed by atoms with Gasteiger partial charge in [-0.15, -0.1) is 11.3 Å². The number of carbonyl (C=O) groups excluding carboxylic acids is 2. The highest BCUT2D eigenvalue weighted by Gasteiger charge is 2.48. The van der Waals surface area contributed by atoms with Crippen LogP contribution in [0.3, 0.4) is 0 Å². The van der Waals surface area contributed by atoms with Crippen molar-refractivity contribution in [1.82, 2.24) is 4.98 Å². The third kappa shape index (κ3) is 4.48. The fourth-order valence-corrected chi connectivity index (χ4v) is 4.63. The van der Waals surface area contributed by atoms with Crippen LogP contribution in [0.2, 0.25) is 0 Å². The molecular formula is C27H28N2O4S. The molecule has 0 bridgehead atoms. The molecule has 1 atom stereocenters. The van der Waals surface area contributed by atoms with Gasteiger partial charge in [0, 0.05) is 17.1 Å². The van der Waals surface area contributed by atoms with Gasteiger partial charge in [0.05, 0.1) is 17.7 Å². The number of hydrogen-bond acceptors (Lipinski definition) is 6. The number of nitrogens with zero attached hydrogens (tertiary/aromatic N) is 2. The summed E-state index contributed by atoms with van der Waals surface area (Å²) in [4.78, 5) is 32.0. The Morgan fingerprint density at radius 1 is 1.06 bits per heavy atom. The van der Waals surface area contributed by atoms with Gasteiger partial charge in [-0.25, -0.2) is 4.98 Å². The van der Waals surface area contributed by atoms with Gasteiger partial charge in [-0.2, -0.15) is 0 Å². The first-order valence-corrected chi connectivity index (χ1v) is 12.0. The van der Waals surface area contributed by atoms with E-state index in [2.05, 4.69) is 25.8 Å². The predicted molar refractivity (Wildman–Crippen MR) is 134 cm³/mol. The first-order valence-electron chi connectivity index (χ1n) is 11.2. The van der Waals surface area contributed by atoms with E-state index in [9.17, 15) is 14.7 Å². The minimum Gasteiger partial charge on any atom is -0.507 e. The molecule has 1 aliphatic heterocycles. The minimum atomic E-state index is -0.785. The van der Waals surface area contributed by atoms with E-state index in [1.165, 1.54) is 16.2 Å². The summed E-state index contributed by atoms with van der Waals surface area (Å²) in [6, 6.07) is 13.9. The van der Waals surface area contributed by atoms with E-state index in [0.717, 1.165) is 11.1 Å². The van der Waals surface area contributed by atoms with Gasteiger partial charge in [0.15, 0.2) is 5.13 Å². The van der Waals surface area contributed by atoms with Gasteiger partial charge >= 0.3 is 5.91 Å². The van der Waals surface area contributed by atoms with Crippen LogP contribution in [0.25, 0.3) is 5.76 Å². The molecule has 1 aliphatic rings. The van der Waals surface area contributed by atoms with Crippen molar-refractivity contribution < 1.29 is 19.4 Å². The molecule has 2 heterocycles. The Bertz CT molecular complexity index is 1220. The molecule has 6 nitrogen and oxygen atoms in total. The maximum Gasteiger partial charge on any atom is 0.301 e. The van der Waals surface area contributed by atoms with Crippen LogP contribution in [0.15, 0.2) is 65.7 Å². The first kappa shape index (κ1) is 23.7. The van der Waals surface area contributed by atoms with E-state index in [-0.39, 0.29) is 22.9 Å². The summed E-state index contributed by atoms with van der Waals surface area (Å²) in [5.74, 6) is -1.01. The largest absolute Gasteiger partial charge is 0.507 e. The number of rotatable bonds is 5. The number of aromatic nitrogens is 1. The molecule has 0 spiro atoms. The highest BCUT2D eigenvalue weighted by atomic mass is 32.1. The highest BCUT2D eigenvalue weighted by molar-refractivity contribution is 7.14. The minimum absolute atomic E-state index is 0.0131. The van der Waals surface area contributed by atoms with Crippen molar-refractivity contribution in [2.75, 3.05) is 4.90 Å². The van der Waals surface area contributed by atoms with Gasteiger partial charge in [-0.05, 0) is 54.7 Å². The summed E-state index contributed by atoms with van der Waals surface area (Å²) >= 11 is 1.27. The summed E-state index contributed by atoms with van der Waals surface area (Å²) in [5.41, 5.74) is 2.29. The molecule has 0 radical (unpaired) electrons. The molecule has 1 unspecified atom stereocenters. The summed E-state index contributed by atoms with van der Waals surface area (Å²) in [6.07, 6.45) is 1.60. The number of amides is 1. The molecule has 1 N–H and O–H groups in total. The Hall–Kier alpha value is -3.45. The summed E-state index contributed by atoms with van der Waals surface area (Å²) < 4.78 is 5.67. The van der Waals surface area contributed by atoms with Gasteiger partial charge in [-0.1, -0.05) is 45.0 Å². The van der Waals surface area contributed by atoms with E-state index in [1.54, 1.807) is 35.8 Å². The Kier molecular flexibility index (Phi) is 6.32. The van der Waals surface area contributed by atoms with Crippen LogP contribution in [-0.2, 0) is 15.0 Å². The lowest BCUT2D eigenvalue weighted by Gasteiger charge is -2.24.